The summed E-state index contributed by atoms with van der Waals surface area (Å²) in [5.74, 6) is 1.55. The van der Waals surface area contributed by atoms with Gasteiger partial charge in [0.25, 0.3) is 0 Å². The highest BCUT2D eigenvalue weighted by Crippen LogP contribution is 2.22. The summed E-state index contributed by atoms with van der Waals surface area (Å²) in [6, 6.07) is 0.766. The lowest BCUT2D eigenvalue weighted by Gasteiger charge is -2.24. The number of hydrogen-bond acceptors (Lipinski definition) is 5. The summed E-state index contributed by atoms with van der Waals surface area (Å²) < 4.78 is 5.48. The van der Waals surface area contributed by atoms with E-state index in [1.807, 2.05) is 13.8 Å². The Hall–Kier alpha value is -1.36. The fourth-order valence-electron chi connectivity index (χ4n) is 2.77. The maximum absolute atomic E-state index is 5.48. The molecule has 112 valence electrons. The number of aromatic nitrogens is 2. The van der Waals surface area contributed by atoms with Crippen LogP contribution in [0.3, 0.4) is 0 Å². The second-order valence-corrected chi connectivity index (χ2v) is 5.43. The van der Waals surface area contributed by atoms with Gasteiger partial charge in [0.1, 0.15) is 12.1 Å². The van der Waals surface area contributed by atoms with Crippen molar-refractivity contribution in [3.05, 3.63) is 11.9 Å². The van der Waals surface area contributed by atoms with Crippen LogP contribution in [0.2, 0.25) is 0 Å². The number of nitrogens with zero attached hydrogens (tertiary/aromatic N) is 3. The van der Waals surface area contributed by atoms with Crippen LogP contribution in [-0.2, 0) is 0 Å². The molecule has 1 fully saturated rings. The van der Waals surface area contributed by atoms with E-state index >= 15 is 0 Å². The average Bonchev–Trinajstić information content (AvgIpc) is 2.97. The van der Waals surface area contributed by atoms with Crippen molar-refractivity contribution >= 4 is 5.82 Å². The van der Waals surface area contributed by atoms with Crippen LogP contribution in [0.1, 0.15) is 38.2 Å². The molecule has 0 aliphatic heterocycles. The number of nitrogens with one attached hydrogen (secondary N) is 1. The molecule has 0 atom stereocenters. The molecule has 1 N–H and O–H groups in total. The summed E-state index contributed by atoms with van der Waals surface area (Å²) in [4.78, 5) is 10.9. The molecule has 0 aromatic carbocycles. The van der Waals surface area contributed by atoms with Crippen molar-refractivity contribution in [1.29, 1.82) is 0 Å². The standard InChI is InChI=1S/C15H26N4O/c1-4-20-15-12(2)14(17-11-18-15)16-9-10-19(3)13-7-5-6-8-13/h11,13H,4-10H2,1-3H3,(H,16,17,18). The zero-order valence-electron chi connectivity index (χ0n) is 12.9. The van der Waals surface area contributed by atoms with E-state index in [4.69, 9.17) is 4.74 Å². The largest absolute Gasteiger partial charge is 0.478 e. The summed E-state index contributed by atoms with van der Waals surface area (Å²) in [6.45, 7) is 6.52. The van der Waals surface area contributed by atoms with Crippen molar-refractivity contribution in [3.8, 4) is 5.88 Å². The summed E-state index contributed by atoms with van der Waals surface area (Å²) in [5, 5.41) is 3.39. The van der Waals surface area contributed by atoms with Crippen molar-refractivity contribution in [3.63, 3.8) is 0 Å². The first-order valence-corrected chi connectivity index (χ1v) is 7.61. The maximum atomic E-state index is 5.48. The molecule has 1 aromatic heterocycles. The topological polar surface area (TPSA) is 50.3 Å². The van der Waals surface area contributed by atoms with Crippen molar-refractivity contribution in [2.45, 2.75) is 45.6 Å². The van der Waals surface area contributed by atoms with Crippen LogP contribution in [0.5, 0.6) is 5.88 Å². The van der Waals surface area contributed by atoms with Gasteiger partial charge in [-0.1, -0.05) is 12.8 Å². The highest BCUT2D eigenvalue weighted by molar-refractivity contribution is 5.47. The molecule has 20 heavy (non-hydrogen) atoms. The van der Waals surface area contributed by atoms with Gasteiger partial charge in [0, 0.05) is 19.1 Å². The van der Waals surface area contributed by atoms with Gasteiger partial charge < -0.3 is 15.0 Å². The van der Waals surface area contributed by atoms with E-state index in [1.165, 1.54) is 25.7 Å². The quantitative estimate of drug-likeness (QED) is 0.830. The van der Waals surface area contributed by atoms with Gasteiger partial charge in [-0.25, -0.2) is 9.97 Å². The highest BCUT2D eigenvalue weighted by atomic mass is 16.5. The zero-order chi connectivity index (χ0) is 14.4. The lowest BCUT2D eigenvalue weighted by atomic mass is 10.2. The Kier molecular flexibility index (Phi) is 5.59. The lowest BCUT2D eigenvalue weighted by Crippen LogP contribution is -2.33. The third kappa shape index (κ3) is 3.82. The number of rotatable bonds is 7. The van der Waals surface area contributed by atoms with Gasteiger partial charge >= 0.3 is 0 Å². The monoisotopic (exact) mass is 278 g/mol. The molecule has 1 aromatic rings. The lowest BCUT2D eigenvalue weighted by molar-refractivity contribution is 0.254. The molecule has 5 heteroatoms. The van der Waals surface area contributed by atoms with Gasteiger partial charge in [0.05, 0.1) is 12.2 Å². The molecule has 0 radical (unpaired) electrons. The molecule has 1 saturated carbocycles. The second kappa shape index (κ2) is 7.43. The molecule has 5 nitrogen and oxygen atoms in total. The Labute approximate surface area is 121 Å². The molecule has 0 unspecified atom stereocenters. The Morgan fingerprint density at radius 1 is 1.35 bits per heavy atom. The first-order valence-electron chi connectivity index (χ1n) is 7.61. The average molecular weight is 278 g/mol. The van der Waals surface area contributed by atoms with Crippen molar-refractivity contribution in [2.75, 3.05) is 32.1 Å². The zero-order valence-corrected chi connectivity index (χ0v) is 12.9. The summed E-state index contributed by atoms with van der Waals surface area (Å²) in [5.41, 5.74) is 0.984. The highest BCUT2D eigenvalue weighted by Gasteiger charge is 2.18. The van der Waals surface area contributed by atoms with Gasteiger partial charge in [-0.15, -0.1) is 0 Å². The molecule has 0 amide bonds. The van der Waals surface area contributed by atoms with Gasteiger partial charge in [-0.05, 0) is 33.7 Å². The Bertz CT molecular complexity index is 418. The van der Waals surface area contributed by atoms with Gasteiger partial charge in [-0.3, -0.25) is 0 Å². The predicted molar refractivity (Wildman–Crippen MR) is 81.3 cm³/mol. The Morgan fingerprint density at radius 3 is 2.80 bits per heavy atom. The number of hydrogen-bond donors (Lipinski definition) is 1. The first kappa shape index (κ1) is 15.0. The second-order valence-electron chi connectivity index (χ2n) is 5.43. The van der Waals surface area contributed by atoms with Crippen LogP contribution in [0.25, 0.3) is 0 Å². The summed E-state index contributed by atoms with van der Waals surface area (Å²) in [7, 11) is 2.22. The van der Waals surface area contributed by atoms with Crippen LogP contribution in [0, 0.1) is 6.92 Å². The Balaban J connectivity index is 1.82. The fourth-order valence-corrected chi connectivity index (χ4v) is 2.77. The van der Waals surface area contributed by atoms with Crippen LogP contribution in [0.15, 0.2) is 6.33 Å². The third-order valence-corrected chi connectivity index (χ3v) is 4.02. The molecule has 0 saturated heterocycles. The molecule has 1 heterocycles. The molecule has 1 aliphatic rings. The molecule has 0 bridgehead atoms. The van der Waals surface area contributed by atoms with Crippen molar-refractivity contribution < 1.29 is 4.74 Å². The van der Waals surface area contributed by atoms with Crippen LogP contribution >= 0.6 is 0 Å². The minimum atomic E-state index is 0.627. The first-order chi connectivity index (χ1) is 9.72. The van der Waals surface area contributed by atoms with E-state index in [9.17, 15) is 0 Å². The third-order valence-electron chi connectivity index (χ3n) is 4.02. The van der Waals surface area contributed by atoms with Crippen LogP contribution < -0.4 is 10.1 Å². The minimum Gasteiger partial charge on any atom is -0.478 e. The number of likely N-dealkylation sites (N-methyl/N-ethyl adjacent to an activating group) is 1. The molecule has 1 aliphatic carbocycles. The van der Waals surface area contributed by atoms with Gasteiger partial charge in [0.15, 0.2) is 0 Å². The van der Waals surface area contributed by atoms with E-state index in [0.29, 0.717) is 12.5 Å². The Morgan fingerprint density at radius 2 is 2.10 bits per heavy atom. The molecular weight excluding hydrogens is 252 g/mol. The van der Waals surface area contributed by atoms with Crippen LogP contribution in [0.4, 0.5) is 5.82 Å². The van der Waals surface area contributed by atoms with E-state index in [2.05, 4.69) is 27.2 Å². The molecular formula is C15H26N4O. The smallest absolute Gasteiger partial charge is 0.221 e. The molecule has 2 rings (SSSR count). The van der Waals surface area contributed by atoms with Crippen LogP contribution in [-0.4, -0.2) is 47.7 Å². The van der Waals surface area contributed by atoms with E-state index < -0.39 is 0 Å². The van der Waals surface area contributed by atoms with Gasteiger partial charge in [0.2, 0.25) is 5.88 Å². The predicted octanol–water partition coefficient (Wildman–Crippen LogP) is 2.47. The maximum Gasteiger partial charge on any atom is 0.221 e. The SMILES string of the molecule is CCOc1ncnc(NCCN(C)C2CCCC2)c1C. The molecule has 0 spiro atoms. The van der Waals surface area contributed by atoms with Crippen molar-refractivity contribution in [2.24, 2.45) is 0 Å². The number of anilines is 1. The van der Waals surface area contributed by atoms with E-state index in [1.54, 1.807) is 6.33 Å². The summed E-state index contributed by atoms with van der Waals surface area (Å²) >= 11 is 0. The summed E-state index contributed by atoms with van der Waals surface area (Å²) in [6.07, 6.45) is 7.01. The van der Waals surface area contributed by atoms with E-state index in [0.717, 1.165) is 30.5 Å². The normalized spacial score (nSPS) is 15.8. The minimum absolute atomic E-state index is 0.627. The van der Waals surface area contributed by atoms with E-state index in [-0.39, 0.29) is 0 Å². The fraction of sp³-hybridized carbons (Fsp3) is 0.733. The number of ether oxygens (including phenoxy) is 1. The van der Waals surface area contributed by atoms with Gasteiger partial charge in [-0.2, -0.15) is 0 Å². The van der Waals surface area contributed by atoms with Crippen molar-refractivity contribution in [1.82, 2.24) is 14.9 Å².